The molecule has 1 unspecified atom stereocenters. The van der Waals surface area contributed by atoms with Crippen LogP contribution in [0.5, 0.6) is 0 Å². The Morgan fingerprint density at radius 2 is 2.12 bits per heavy atom. The molecule has 1 rings (SSSR count). The van der Waals surface area contributed by atoms with Gasteiger partial charge >= 0.3 is 0 Å². The van der Waals surface area contributed by atoms with Crippen molar-refractivity contribution >= 4 is 32.6 Å². The van der Waals surface area contributed by atoms with Crippen LogP contribution in [0.2, 0.25) is 0 Å². The monoisotopic (exact) mass is 320 g/mol. The molecule has 0 fully saturated rings. The molecule has 6 heteroatoms. The molecule has 17 heavy (non-hydrogen) atoms. The van der Waals surface area contributed by atoms with Gasteiger partial charge in [-0.2, -0.15) is 8.79 Å². The summed E-state index contributed by atoms with van der Waals surface area (Å²) >= 11 is 3.21. The Hall–Kier alpha value is -0.620. The molecule has 0 spiro atoms. The van der Waals surface area contributed by atoms with E-state index in [1.807, 2.05) is 20.8 Å². The molecule has 0 aliphatic rings. The van der Waals surface area contributed by atoms with Gasteiger partial charge in [-0.3, -0.25) is 0 Å². The lowest BCUT2D eigenvalue weighted by Gasteiger charge is -2.14. The van der Waals surface area contributed by atoms with Crippen molar-refractivity contribution in [2.45, 2.75) is 32.4 Å². The van der Waals surface area contributed by atoms with Gasteiger partial charge < -0.3 is 0 Å². The highest BCUT2D eigenvalue weighted by Crippen LogP contribution is 2.17. The van der Waals surface area contributed by atoms with Crippen LogP contribution in [0.1, 0.15) is 33.3 Å². The number of aromatic nitrogens is 1. The van der Waals surface area contributed by atoms with E-state index in [9.17, 15) is 8.60 Å². The Kier molecular flexibility index (Phi) is 4.55. The van der Waals surface area contributed by atoms with E-state index in [-0.39, 0.29) is 5.56 Å². The van der Waals surface area contributed by atoms with E-state index in [0.29, 0.717) is 10.2 Å². The number of hydrogen-bond acceptors (Lipinski definition) is 2. The maximum atomic E-state index is 13.5. The van der Waals surface area contributed by atoms with Gasteiger partial charge in [0, 0.05) is 10.7 Å². The molecule has 0 aromatic carbocycles. The third-order valence-electron chi connectivity index (χ3n) is 1.94. The second-order valence-electron chi connectivity index (χ2n) is 4.53. The van der Waals surface area contributed by atoms with Crippen molar-refractivity contribution in [3.05, 3.63) is 28.2 Å². The van der Waals surface area contributed by atoms with E-state index in [0.717, 1.165) is 0 Å². The molecule has 94 valence electrons. The lowest BCUT2D eigenvalue weighted by molar-refractivity contribution is 0.580. The van der Waals surface area contributed by atoms with Gasteiger partial charge in [0.25, 0.3) is 0 Å². The fraction of sp³-hybridized carbons (Fsp3) is 0.455. The molecule has 0 radical (unpaired) electrons. The number of nitrogens with zero attached hydrogens (tertiary/aromatic N) is 2. The third kappa shape index (κ3) is 3.96. The number of hydrogen-bond donors (Lipinski definition) is 0. The zero-order valence-corrected chi connectivity index (χ0v) is 12.5. The normalized spacial score (nSPS) is 14.8. The first-order valence-electron chi connectivity index (χ1n) is 5.00. The van der Waals surface area contributed by atoms with Gasteiger partial charge in [0.05, 0.1) is 16.0 Å². The van der Waals surface area contributed by atoms with Gasteiger partial charge in [0.15, 0.2) is 0 Å². The molecule has 1 atom stereocenters. The molecule has 0 bridgehead atoms. The smallest absolute Gasteiger partial charge is 0.222 e. The quantitative estimate of drug-likeness (QED) is 0.620. The average Bonchev–Trinajstić information content (AvgIpc) is 2.20. The standard InChI is InChI=1S/C11H14BrFN2OS/c1-7(15-17(16)11(2,3)4)9-5-8(12)6-14-10(9)13/h5-6H,1-4H3. The summed E-state index contributed by atoms with van der Waals surface area (Å²) in [6.07, 6.45) is 1.37. The molecule has 3 nitrogen and oxygen atoms in total. The van der Waals surface area contributed by atoms with Gasteiger partial charge in [0.2, 0.25) is 5.95 Å². The Morgan fingerprint density at radius 1 is 1.53 bits per heavy atom. The SMILES string of the molecule is CC(=NS(=O)C(C)(C)C)c1cc(Br)cnc1F. The van der Waals surface area contributed by atoms with Gasteiger partial charge in [-0.1, -0.05) is 0 Å². The van der Waals surface area contributed by atoms with Gasteiger partial charge in [-0.05, 0) is 49.7 Å². The van der Waals surface area contributed by atoms with Crippen molar-refractivity contribution in [1.82, 2.24) is 4.98 Å². The van der Waals surface area contributed by atoms with E-state index < -0.39 is 21.7 Å². The molecule has 0 saturated heterocycles. The maximum Gasteiger partial charge on any atom is 0.222 e. The lowest BCUT2D eigenvalue weighted by Crippen LogP contribution is -2.21. The number of rotatable bonds is 2. The van der Waals surface area contributed by atoms with Crippen LogP contribution in [0.4, 0.5) is 4.39 Å². The first-order chi connectivity index (χ1) is 7.71. The summed E-state index contributed by atoms with van der Waals surface area (Å²) in [5, 5.41) is 0. The fourth-order valence-corrected chi connectivity index (χ4v) is 1.94. The van der Waals surface area contributed by atoms with Gasteiger partial charge in [-0.15, -0.1) is 0 Å². The Morgan fingerprint density at radius 3 is 2.65 bits per heavy atom. The summed E-state index contributed by atoms with van der Waals surface area (Å²) in [5.74, 6) is -0.611. The van der Waals surface area contributed by atoms with Crippen LogP contribution in [0.15, 0.2) is 21.1 Å². The summed E-state index contributed by atoms with van der Waals surface area (Å²) in [6.45, 7) is 7.07. The zero-order valence-electron chi connectivity index (χ0n) is 10.1. The first-order valence-corrected chi connectivity index (χ1v) is 6.90. The van der Waals surface area contributed by atoms with Crippen LogP contribution in [0.3, 0.4) is 0 Å². The summed E-state index contributed by atoms with van der Waals surface area (Å²) in [6, 6.07) is 1.57. The minimum Gasteiger partial charge on any atom is -0.234 e. The lowest BCUT2D eigenvalue weighted by atomic mass is 10.2. The predicted octanol–water partition coefficient (Wildman–Crippen LogP) is 3.25. The largest absolute Gasteiger partial charge is 0.234 e. The van der Waals surface area contributed by atoms with Crippen LogP contribution in [0.25, 0.3) is 0 Å². The molecule has 0 saturated carbocycles. The van der Waals surface area contributed by atoms with E-state index in [1.165, 1.54) is 6.20 Å². The van der Waals surface area contributed by atoms with Crippen molar-refractivity contribution in [2.75, 3.05) is 0 Å². The van der Waals surface area contributed by atoms with Crippen LogP contribution < -0.4 is 0 Å². The van der Waals surface area contributed by atoms with Crippen molar-refractivity contribution in [3.8, 4) is 0 Å². The van der Waals surface area contributed by atoms with E-state index >= 15 is 0 Å². The Balaban J connectivity index is 3.12. The molecule has 0 N–H and O–H groups in total. The zero-order chi connectivity index (χ0) is 13.2. The topological polar surface area (TPSA) is 42.3 Å². The molecule has 0 amide bonds. The van der Waals surface area contributed by atoms with Gasteiger partial charge in [0.1, 0.15) is 11.0 Å². The summed E-state index contributed by atoms with van der Waals surface area (Å²) in [4.78, 5) is 3.58. The highest BCUT2D eigenvalue weighted by atomic mass is 79.9. The first kappa shape index (κ1) is 14.4. The molecular formula is C11H14BrFN2OS. The average molecular weight is 321 g/mol. The number of halogens is 2. The molecule has 1 aromatic heterocycles. The molecule has 1 heterocycles. The summed E-state index contributed by atoms with van der Waals surface area (Å²) in [5.41, 5.74) is 0.640. The van der Waals surface area contributed by atoms with Crippen LogP contribution in [0, 0.1) is 5.95 Å². The maximum absolute atomic E-state index is 13.5. The molecule has 0 aliphatic heterocycles. The summed E-state index contributed by atoms with van der Waals surface area (Å²) < 4.78 is 29.5. The van der Waals surface area contributed by atoms with Crippen LogP contribution >= 0.6 is 15.9 Å². The third-order valence-corrected chi connectivity index (χ3v) is 3.86. The minimum absolute atomic E-state index is 0.261. The molecule has 0 aliphatic carbocycles. The van der Waals surface area contributed by atoms with E-state index in [4.69, 9.17) is 0 Å². The Bertz CT molecular complexity index is 483. The summed E-state index contributed by atoms with van der Waals surface area (Å²) in [7, 11) is -1.40. The van der Waals surface area contributed by atoms with E-state index in [2.05, 4.69) is 25.3 Å². The highest BCUT2D eigenvalue weighted by molar-refractivity contribution is 9.10. The van der Waals surface area contributed by atoms with E-state index in [1.54, 1.807) is 13.0 Å². The second-order valence-corrected chi connectivity index (χ2v) is 7.35. The fourth-order valence-electron chi connectivity index (χ4n) is 0.987. The van der Waals surface area contributed by atoms with Crippen LogP contribution in [-0.4, -0.2) is 19.7 Å². The van der Waals surface area contributed by atoms with Gasteiger partial charge in [-0.25, -0.2) is 9.19 Å². The second kappa shape index (κ2) is 5.35. The van der Waals surface area contributed by atoms with Crippen LogP contribution in [-0.2, 0) is 11.0 Å². The van der Waals surface area contributed by atoms with Crippen molar-refractivity contribution in [3.63, 3.8) is 0 Å². The Labute approximate surface area is 111 Å². The van der Waals surface area contributed by atoms with Crippen molar-refractivity contribution in [1.29, 1.82) is 0 Å². The minimum atomic E-state index is -1.40. The van der Waals surface area contributed by atoms with Crippen molar-refractivity contribution < 1.29 is 8.60 Å². The highest BCUT2D eigenvalue weighted by Gasteiger charge is 2.20. The van der Waals surface area contributed by atoms with Crippen molar-refractivity contribution in [2.24, 2.45) is 4.40 Å². The molecular weight excluding hydrogens is 307 g/mol. The molecule has 1 aromatic rings. The number of pyridine rings is 1. The predicted molar refractivity (Wildman–Crippen MR) is 72.0 cm³/mol.